The summed E-state index contributed by atoms with van der Waals surface area (Å²) in [6, 6.07) is 4.33. The van der Waals surface area contributed by atoms with Crippen LogP contribution in [-0.2, 0) is 9.53 Å². The molecule has 0 aliphatic heterocycles. The van der Waals surface area contributed by atoms with Gasteiger partial charge in [-0.15, -0.1) is 0 Å². The fourth-order valence-electron chi connectivity index (χ4n) is 0.949. The van der Waals surface area contributed by atoms with Gasteiger partial charge in [0.05, 0.1) is 7.11 Å². The van der Waals surface area contributed by atoms with E-state index in [1.807, 2.05) is 0 Å². The lowest BCUT2D eigenvalue weighted by atomic mass is 10.1. The van der Waals surface area contributed by atoms with Crippen molar-refractivity contribution in [3.8, 4) is 0 Å². The standard InChI is InChI=1S/C10H10FNO2/c1-14-10(13)6-5-7-8(11)3-2-4-9(7)12/h2-6H,12H2,1H3. The van der Waals surface area contributed by atoms with Crippen molar-refractivity contribution in [3.05, 3.63) is 35.7 Å². The number of ether oxygens (including phenoxy) is 1. The first-order chi connectivity index (χ1) is 6.65. The van der Waals surface area contributed by atoms with Crippen LogP contribution >= 0.6 is 0 Å². The lowest BCUT2D eigenvalue weighted by molar-refractivity contribution is -0.134. The van der Waals surface area contributed by atoms with E-state index in [2.05, 4.69) is 4.74 Å². The fourth-order valence-corrected chi connectivity index (χ4v) is 0.949. The molecule has 0 atom stereocenters. The normalized spacial score (nSPS) is 10.4. The minimum Gasteiger partial charge on any atom is -0.466 e. The van der Waals surface area contributed by atoms with Crippen molar-refractivity contribution < 1.29 is 13.9 Å². The smallest absolute Gasteiger partial charge is 0.330 e. The van der Waals surface area contributed by atoms with Crippen LogP contribution in [-0.4, -0.2) is 13.1 Å². The molecule has 0 aromatic heterocycles. The summed E-state index contributed by atoms with van der Waals surface area (Å²) in [5.41, 5.74) is 5.98. The van der Waals surface area contributed by atoms with Gasteiger partial charge < -0.3 is 10.5 Å². The Balaban J connectivity index is 2.96. The van der Waals surface area contributed by atoms with Crippen molar-refractivity contribution in [3.63, 3.8) is 0 Å². The Morgan fingerprint density at radius 1 is 1.57 bits per heavy atom. The van der Waals surface area contributed by atoms with E-state index in [0.717, 1.165) is 6.08 Å². The third-order valence-corrected chi connectivity index (χ3v) is 1.67. The predicted molar refractivity (Wildman–Crippen MR) is 51.9 cm³/mol. The summed E-state index contributed by atoms with van der Waals surface area (Å²) in [7, 11) is 1.25. The monoisotopic (exact) mass is 195 g/mol. The summed E-state index contributed by atoms with van der Waals surface area (Å²) in [5.74, 6) is -1.02. The van der Waals surface area contributed by atoms with Crippen molar-refractivity contribution in [2.24, 2.45) is 0 Å². The largest absolute Gasteiger partial charge is 0.466 e. The first-order valence-corrected chi connectivity index (χ1v) is 3.95. The topological polar surface area (TPSA) is 52.3 Å². The summed E-state index contributed by atoms with van der Waals surface area (Å²) >= 11 is 0. The number of hydrogen-bond donors (Lipinski definition) is 1. The van der Waals surface area contributed by atoms with Gasteiger partial charge in [-0.25, -0.2) is 9.18 Å². The Morgan fingerprint density at radius 2 is 2.29 bits per heavy atom. The molecule has 1 aromatic carbocycles. The number of esters is 1. The molecule has 14 heavy (non-hydrogen) atoms. The average Bonchev–Trinajstić information content (AvgIpc) is 2.16. The van der Waals surface area contributed by atoms with Crippen molar-refractivity contribution in [2.75, 3.05) is 12.8 Å². The lowest BCUT2D eigenvalue weighted by Crippen LogP contribution is -1.96. The van der Waals surface area contributed by atoms with E-state index in [-0.39, 0.29) is 11.3 Å². The Bertz CT molecular complexity index is 354. The van der Waals surface area contributed by atoms with Crippen LogP contribution in [0, 0.1) is 5.82 Å². The molecule has 4 heteroatoms. The van der Waals surface area contributed by atoms with Crippen LogP contribution in [0.15, 0.2) is 24.3 Å². The molecule has 0 heterocycles. The number of benzene rings is 1. The van der Waals surface area contributed by atoms with Crippen LogP contribution in [0.4, 0.5) is 10.1 Å². The second-order valence-corrected chi connectivity index (χ2v) is 2.60. The number of carbonyl (C=O) groups excluding carboxylic acids is 1. The highest BCUT2D eigenvalue weighted by atomic mass is 19.1. The van der Waals surface area contributed by atoms with Crippen molar-refractivity contribution >= 4 is 17.7 Å². The van der Waals surface area contributed by atoms with E-state index < -0.39 is 11.8 Å². The maximum absolute atomic E-state index is 13.1. The number of nitrogen functional groups attached to an aromatic ring is 1. The Morgan fingerprint density at radius 3 is 2.86 bits per heavy atom. The molecule has 1 aromatic rings. The molecule has 3 nitrogen and oxygen atoms in total. The molecule has 2 N–H and O–H groups in total. The number of anilines is 1. The molecule has 74 valence electrons. The number of halogens is 1. The number of methoxy groups -OCH3 is 1. The van der Waals surface area contributed by atoms with Gasteiger partial charge in [-0.1, -0.05) is 6.07 Å². The first-order valence-electron chi connectivity index (χ1n) is 3.95. The summed E-state index contributed by atoms with van der Waals surface area (Å²) in [6.07, 6.45) is 2.41. The highest BCUT2D eigenvalue weighted by Crippen LogP contribution is 2.16. The highest BCUT2D eigenvalue weighted by molar-refractivity contribution is 5.88. The second-order valence-electron chi connectivity index (χ2n) is 2.60. The summed E-state index contributed by atoms with van der Waals surface area (Å²) < 4.78 is 17.5. The zero-order valence-electron chi connectivity index (χ0n) is 7.66. The quantitative estimate of drug-likeness (QED) is 0.443. The molecule has 0 bridgehead atoms. The molecule has 0 fully saturated rings. The van der Waals surface area contributed by atoms with E-state index in [0.29, 0.717) is 0 Å². The van der Waals surface area contributed by atoms with E-state index in [4.69, 9.17) is 5.73 Å². The molecule has 0 saturated carbocycles. The van der Waals surface area contributed by atoms with Crippen LogP contribution < -0.4 is 5.73 Å². The van der Waals surface area contributed by atoms with Crippen LogP contribution in [0.5, 0.6) is 0 Å². The van der Waals surface area contributed by atoms with Gasteiger partial charge in [0, 0.05) is 17.3 Å². The van der Waals surface area contributed by atoms with Crippen molar-refractivity contribution in [1.29, 1.82) is 0 Å². The molecule has 0 aliphatic carbocycles. The van der Waals surface area contributed by atoms with Gasteiger partial charge in [0.15, 0.2) is 0 Å². The van der Waals surface area contributed by atoms with Crippen LogP contribution in [0.2, 0.25) is 0 Å². The minimum atomic E-state index is -0.548. The molecule has 0 unspecified atom stereocenters. The number of carbonyl (C=O) groups is 1. The zero-order valence-corrected chi connectivity index (χ0v) is 7.66. The predicted octanol–water partition coefficient (Wildman–Crippen LogP) is 1.59. The highest BCUT2D eigenvalue weighted by Gasteiger charge is 2.02. The van der Waals surface area contributed by atoms with Gasteiger partial charge in [-0.3, -0.25) is 0 Å². The molecule has 0 aliphatic rings. The summed E-state index contributed by atoms with van der Waals surface area (Å²) in [6.45, 7) is 0. The SMILES string of the molecule is COC(=O)C=Cc1c(N)cccc1F. The van der Waals surface area contributed by atoms with E-state index >= 15 is 0 Å². The molecular formula is C10H10FNO2. The Labute approximate surface area is 81.0 Å². The van der Waals surface area contributed by atoms with Crippen LogP contribution in [0.1, 0.15) is 5.56 Å². The van der Waals surface area contributed by atoms with Gasteiger partial charge in [0.25, 0.3) is 0 Å². The van der Waals surface area contributed by atoms with E-state index in [9.17, 15) is 9.18 Å². The molecule has 1 rings (SSSR count). The zero-order chi connectivity index (χ0) is 10.6. The maximum atomic E-state index is 13.1. The van der Waals surface area contributed by atoms with Crippen LogP contribution in [0.25, 0.3) is 6.08 Å². The third kappa shape index (κ3) is 2.32. The Kier molecular flexibility index (Phi) is 3.23. The van der Waals surface area contributed by atoms with E-state index in [1.165, 1.54) is 25.3 Å². The minimum absolute atomic E-state index is 0.193. The first kappa shape index (κ1) is 10.2. The third-order valence-electron chi connectivity index (χ3n) is 1.67. The maximum Gasteiger partial charge on any atom is 0.330 e. The van der Waals surface area contributed by atoms with Gasteiger partial charge in [0.1, 0.15) is 5.82 Å². The van der Waals surface area contributed by atoms with Gasteiger partial charge in [-0.05, 0) is 18.2 Å². The van der Waals surface area contributed by atoms with Crippen molar-refractivity contribution in [1.82, 2.24) is 0 Å². The lowest BCUT2D eigenvalue weighted by Gasteiger charge is -2.00. The number of rotatable bonds is 2. The second kappa shape index (κ2) is 4.41. The van der Waals surface area contributed by atoms with Crippen LogP contribution in [0.3, 0.4) is 0 Å². The average molecular weight is 195 g/mol. The van der Waals surface area contributed by atoms with Gasteiger partial charge in [0.2, 0.25) is 0 Å². The van der Waals surface area contributed by atoms with Gasteiger partial charge >= 0.3 is 5.97 Å². The fraction of sp³-hybridized carbons (Fsp3) is 0.100. The number of nitrogens with two attached hydrogens (primary N) is 1. The van der Waals surface area contributed by atoms with E-state index in [1.54, 1.807) is 6.07 Å². The summed E-state index contributed by atoms with van der Waals surface area (Å²) in [5, 5.41) is 0. The molecule has 0 amide bonds. The van der Waals surface area contributed by atoms with Crippen molar-refractivity contribution in [2.45, 2.75) is 0 Å². The molecule has 0 spiro atoms. The molecular weight excluding hydrogens is 185 g/mol. The molecule has 0 radical (unpaired) electrons. The summed E-state index contributed by atoms with van der Waals surface area (Å²) in [4.78, 5) is 10.7. The molecule has 0 saturated heterocycles. The number of hydrogen-bond acceptors (Lipinski definition) is 3. The Hall–Kier alpha value is -1.84. The van der Waals surface area contributed by atoms with Gasteiger partial charge in [-0.2, -0.15) is 0 Å².